The summed E-state index contributed by atoms with van der Waals surface area (Å²) in [7, 11) is 0. The normalized spacial score (nSPS) is 12.4. The van der Waals surface area contributed by atoms with Crippen LogP contribution in [0, 0.1) is 0 Å². The lowest BCUT2D eigenvalue weighted by Crippen LogP contribution is -2.10. The fraction of sp³-hybridized carbons (Fsp3) is 0.0182. The van der Waals surface area contributed by atoms with Gasteiger partial charge in [0.25, 0.3) is 0 Å². The first kappa shape index (κ1) is 31.9. The third kappa shape index (κ3) is 4.54. The average Bonchev–Trinajstić information content (AvgIpc) is 4.04. The minimum absolute atomic E-state index is 1.01. The molecule has 2 nitrogen and oxygen atoms in total. The predicted molar refractivity (Wildman–Crippen MR) is 248 cm³/mol. The first-order valence-corrected chi connectivity index (χ1v) is 20.9. The summed E-state index contributed by atoms with van der Waals surface area (Å²) in [4.78, 5) is 2.46. The lowest BCUT2D eigenvalue weighted by Gasteiger charge is -2.27. The number of nitrogens with zero attached hydrogens (tertiary/aromatic N) is 2. The maximum Gasteiger partial charge on any atom is 0.0641 e. The van der Waals surface area contributed by atoms with E-state index < -0.39 is 0 Å². The molecule has 0 spiro atoms. The molecule has 1 aliphatic carbocycles. The van der Waals surface area contributed by atoms with Gasteiger partial charge in [-0.3, -0.25) is 0 Å². The summed E-state index contributed by atoms with van der Waals surface area (Å²) >= 11 is 1.88. The zero-order valence-corrected chi connectivity index (χ0v) is 32.3. The molecule has 0 N–H and O–H groups in total. The average molecular weight is 755 g/mol. The summed E-state index contributed by atoms with van der Waals surface area (Å²) in [6.07, 6.45) is 1.01. The quantitative estimate of drug-likeness (QED) is 0.170. The van der Waals surface area contributed by atoms with Crippen LogP contribution in [0.3, 0.4) is 0 Å². The number of hydrogen-bond donors (Lipinski definition) is 0. The van der Waals surface area contributed by atoms with Crippen LogP contribution in [0.2, 0.25) is 0 Å². The van der Waals surface area contributed by atoms with E-state index in [1.54, 1.807) is 0 Å². The molecular weight excluding hydrogens is 721 g/mol. The van der Waals surface area contributed by atoms with Gasteiger partial charge >= 0.3 is 0 Å². The van der Waals surface area contributed by atoms with Crippen molar-refractivity contribution in [3.63, 3.8) is 0 Å². The highest BCUT2D eigenvalue weighted by molar-refractivity contribution is 7.26. The highest BCUT2D eigenvalue weighted by Gasteiger charge is 2.24. The Morgan fingerprint density at radius 2 is 1.03 bits per heavy atom. The number of anilines is 3. The van der Waals surface area contributed by atoms with Gasteiger partial charge in [0.15, 0.2) is 0 Å². The van der Waals surface area contributed by atoms with Crippen LogP contribution in [0.5, 0.6) is 0 Å². The third-order valence-corrected chi connectivity index (χ3v) is 13.8. The fourth-order valence-corrected chi connectivity index (χ4v) is 11.2. The van der Waals surface area contributed by atoms with E-state index in [1.807, 2.05) is 11.3 Å². The van der Waals surface area contributed by atoms with E-state index in [4.69, 9.17) is 0 Å². The minimum atomic E-state index is 1.01. The van der Waals surface area contributed by atoms with Gasteiger partial charge in [0.1, 0.15) is 0 Å². The Morgan fingerprint density at radius 1 is 0.414 bits per heavy atom. The van der Waals surface area contributed by atoms with Crippen LogP contribution in [0.1, 0.15) is 11.1 Å². The summed E-state index contributed by atoms with van der Waals surface area (Å²) < 4.78 is 5.13. The maximum atomic E-state index is 2.47. The Hall–Kier alpha value is -7.20. The molecule has 0 unspecified atom stereocenters. The van der Waals surface area contributed by atoms with E-state index in [-0.39, 0.29) is 0 Å². The van der Waals surface area contributed by atoms with Crippen molar-refractivity contribution in [3.8, 4) is 33.4 Å². The fourth-order valence-electron chi connectivity index (χ4n) is 9.93. The maximum absolute atomic E-state index is 2.47. The van der Waals surface area contributed by atoms with Gasteiger partial charge in [-0.15, -0.1) is 11.3 Å². The Morgan fingerprint density at radius 3 is 1.86 bits per heavy atom. The van der Waals surface area contributed by atoms with Crippen LogP contribution in [0.25, 0.3) is 91.6 Å². The molecular formula is C55H34N2S. The van der Waals surface area contributed by atoms with Crippen molar-refractivity contribution < 1.29 is 0 Å². The monoisotopic (exact) mass is 754 g/mol. The molecule has 0 aliphatic heterocycles. The molecule has 9 aromatic carbocycles. The second-order valence-corrected chi connectivity index (χ2v) is 16.7. The van der Waals surface area contributed by atoms with Crippen LogP contribution in [-0.4, -0.2) is 4.40 Å². The Balaban J connectivity index is 0.993. The molecule has 1 aliphatic rings. The molecule has 0 fully saturated rings. The van der Waals surface area contributed by atoms with Gasteiger partial charge in [0, 0.05) is 53.1 Å². The Kier molecular flexibility index (Phi) is 6.69. The van der Waals surface area contributed by atoms with Crippen LogP contribution in [-0.2, 0) is 6.42 Å². The molecule has 3 aromatic heterocycles. The first-order chi connectivity index (χ1) is 28.8. The van der Waals surface area contributed by atoms with Gasteiger partial charge in [-0.2, -0.15) is 0 Å². The van der Waals surface area contributed by atoms with Crippen molar-refractivity contribution in [2.45, 2.75) is 6.42 Å². The van der Waals surface area contributed by atoms with E-state index in [1.165, 1.54) is 108 Å². The molecule has 0 saturated carbocycles. The van der Waals surface area contributed by atoms with Gasteiger partial charge in [-0.1, -0.05) is 140 Å². The standard InChI is InChI=1S/C55H34N2S/c1-2-11-41-37(10-1)32-38-21-20-36(33-48(38)41)34-22-26-39(27-23-34)56(40-28-24-35(25-29-40)42-15-9-16-46-44-13-5-8-19-52(44)58-55(42)46)51-31-30-45-43-12-3-6-17-49(43)57-50-18-7-4-14-47(50)53(51)54(45)57/h1-31,33H,32H2. The van der Waals surface area contributed by atoms with Gasteiger partial charge in [-0.05, 0) is 106 Å². The van der Waals surface area contributed by atoms with Crippen molar-refractivity contribution in [2.24, 2.45) is 0 Å². The molecule has 12 aromatic rings. The number of hydrogen-bond acceptors (Lipinski definition) is 2. The summed E-state index contributed by atoms with van der Waals surface area (Å²) in [5, 5.41) is 7.74. The zero-order valence-electron chi connectivity index (χ0n) is 31.5. The summed E-state index contributed by atoms with van der Waals surface area (Å²) in [6, 6.07) is 72.1. The van der Waals surface area contributed by atoms with Crippen LogP contribution < -0.4 is 4.90 Å². The van der Waals surface area contributed by atoms with E-state index in [0.29, 0.717) is 0 Å². The number of rotatable bonds is 5. The van der Waals surface area contributed by atoms with Crippen molar-refractivity contribution in [2.75, 3.05) is 4.90 Å². The van der Waals surface area contributed by atoms with Crippen LogP contribution in [0.4, 0.5) is 17.1 Å². The summed E-state index contributed by atoms with van der Waals surface area (Å²) in [5.41, 5.74) is 17.7. The smallest absolute Gasteiger partial charge is 0.0641 e. The van der Waals surface area contributed by atoms with Gasteiger partial charge in [-0.25, -0.2) is 0 Å². The molecule has 58 heavy (non-hydrogen) atoms. The largest absolute Gasteiger partial charge is 0.310 e. The molecule has 0 saturated heterocycles. The number of fused-ring (bicyclic) bond motifs is 12. The summed E-state index contributed by atoms with van der Waals surface area (Å²) in [5.74, 6) is 0. The third-order valence-electron chi connectivity index (χ3n) is 12.6. The highest BCUT2D eigenvalue weighted by Crippen LogP contribution is 2.48. The van der Waals surface area contributed by atoms with Crippen LogP contribution in [0.15, 0.2) is 194 Å². The van der Waals surface area contributed by atoms with Gasteiger partial charge < -0.3 is 9.30 Å². The molecule has 3 heteroatoms. The second kappa shape index (κ2) is 12.1. The number of thiophene rings is 1. The van der Waals surface area contributed by atoms with E-state index in [9.17, 15) is 0 Å². The molecule has 0 radical (unpaired) electrons. The molecule has 0 amide bonds. The lowest BCUT2D eigenvalue weighted by molar-refractivity contribution is 1.26. The molecule has 270 valence electrons. The van der Waals surface area contributed by atoms with Gasteiger partial charge in [0.2, 0.25) is 0 Å². The van der Waals surface area contributed by atoms with Gasteiger partial charge in [0.05, 0.1) is 22.2 Å². The topological polar surface area (TPSA) is 7.65 Å². The SMILES string of the molecule is c1ccc2c(c1)Cc1ccc(-c3ccc(N(c4ccc(-c5cccc6c5sc5ccccc56)cc4)c4ccc5c6ccccc6n6c7ccccc7c4c56)cc3)cc1-2. The van der Waals surface area contributed by atoms with E-state index in [0.717, 1.165) is 17.8 Å². The van der Waals surface area contributed by atoms with Crippen molar-refractivity contribution in [3.05, 3.63) is 205 Å². The second-order valence-electron chi connectivity index (χ2n) is 15.6. The molecule has 3 heterocycles. The highest BCUT2D eigenvalue weighted by atomic mass is 32.1. The van der Waals surface area contributed by atoms with Crippen molar-refractivity contribution in [1.82, 2.24) is 4.40 Å². The number of para-hydroxylation sites is 2. The van der Waals surface area contributed by atoms with Crippen molar-refractivity contribution in [1.29, 1.82) is 0 Å². The zero-order chi connectivity index (χ0) is 37.9. The predicted octanol–water partition coefficient (Wildman–Crippen LogP) is 15.6. The number of benzene rings is 9. The van der Waals surface area contributed by atoms with Crippen LogP contribution >= 0.6 is 11.3 Å². The Bertz CT molecular complexity index is 3590. The number of aromatic nitrogens is 1. The van der Waals surface area contributed by atoms with E-state index >= 15 is 0 Å². The molecule has 0 atom stereocenters. The molecule has 13 rings (SSSR count). The minimum Gasteiger partial charge on any atom is -0.310 e. The summed E-state index contributed by atoms with van der Waals surface area (Å²) in [6.45, 7) is 0. The van der Waals surface area contributed by atoms with E-state index in [2.05, 4.69) is 203 Å². The first-order valence-electron chi connectivity index (χ1n) is 20.1. The Labute approximate surface area is 339 Å². The van der Waals surface area contributed by atoms with Crippen molar-refractivity contribution >= 4 is 86.7 Å². The molecule has 0 bridgehead atoms. The lowest BCUT2D eigenvalue weighted by atomic mass is 9.98.